The molecule has 4 rings (SSSR count). The molecule has 0 amide bonds. The first-order valence-electron chi connectivity index (χ1n) is 7.84. The first kappa shape index (κ1) is 14.6. The maximum atomic E-state index is 5.44. The van der Waals surface area contributed by atoms with Crippen LogP contribution < -0.4 is 9.47 Å². The fourth-order valence-electron chi connectivity index (χ4n) is 3.13. The number of fused-ring (bicyclic) bond motifs is 3. The van der Waals surface area contributed by atoms with Gasteiger partial charge in [-0.1, -0.05) is 18.2 Å². The summed E-state index contributed by atoms with van der Waals surface area (Å²) in [4.78, 5) is 4.88. The second-order valence-corrected chi connectivity index (χ2v) is 5.63. The fraction of sp³-hybridized carbons (Fsp3) is 0.150. The lowest BCUT2D eigenvalue weighted by Crippen LogP contribution is -2.08. The number of methoxy groups -OCH3 is 2. The van der Waals surface area contributed by atoms with Gasteiger partial charge >= 0.3 is 0 Å². The average Bonchev–Trinajstić information content (AvgIpc) is 3.05. The Kier molecular flexibility index (Phi) is 3.58. The number of rotatable bonds is 3. The van der Waals surface area contributed by atoms with Crippen LogP contribution in [0.2, 0.25) is 0 Å². The molecule has 1 aliphatic heterocycles. The summed E-state index contributed by atoms with van der Waals surface area (Å²) >= 11 is 0. The molecule has 0 N–H and O–H groups in total. The molecule has 120 valence electrons. The van der Waals surface area contributed by atoms with E-state index in [0.717, 1.165) is 17.0 Å². The summed E-state index contributed by atoms with van der Waals surface area (Å²) in [7, 11) is 3.29. The monoisotopic (exact) mass is 318 g/mol. The molecule has 24 heavy (non-hydrogen) atoms. The van der Waals surface area contributed by atoms with E-state index in [2.05, 4.69) is 41.1 Å². The highest BCUT2D eigenvalue weighted by atomic mass is 16.5. The van der Waals surface area contributed by atoms with E-state index in [1.807, 2.05) is 24.3 Å². The number of ether oxygens (including phenoxy) is 2. The number of aromatic nitrogens is 1. The number of para-hydroxylation sites is 1. The van der Waals surface area contributed by atoms with Crippen LogP contribution in [0, 0.1) is 0 Å². The molecule has 0 bridgehead atoms. The van der Waals surface area contributed by atoms with Gasteiger partial charge in [-0.3, -0.25) is 4.99 Å². The van der Waals surface area contributed by atoms with E-state index in [1.165, 1.54) is 11.3 Å². The summed E-state index contributed by atoms with van der Waals surface area (Å²) in [5.41, 5.74) is 5.44. The van der Waals surface area contributed by atoms with Crippen molar-refractivity contribution in [2.75, 3.05) is 14.2 Å². The minimum absolute atomic E-state index is 0.654. The van der Waals surface area contributed by atoms with Gasteiger partial charge in [0.05, 0.1) is 37.9 Å². The Balaban J connectivity index is 1.87. The quantitative estimate of drug-likeness (QED) is 0.735. The molecule has 0 fully saturated rings. The zero-order valence-electron chi connectivity index (χ0n) is 13.7. The normalized spacial score (nSPS) is 12.7. The summed E-state index contributed by atoms with van der Waals surface area (Å²) in [5, 5.41) is 0. The molecule has 2 aromatic carbocycles. The van der Waals surface area contributed by atoms with Gasteiger partial charge in [-0.05, 0) is 42.0 Å². The van der Waals surface area contributed by atoms with Crippen LogP contribution in [0.1, 0.15) is 16.8 Å². The van der Waals surface area contributed by atoms with Gasteiger partial charge < -0.3 is 14.0 Å². The van der Waals surface area contributed by atoms with Crippen molar-refractivity contribution in [1.29, 1.82) is 0 Å². The average molecular weight is 318 g/mol. The van der Waals surface area contributed by atoms with Gasteiger partial charge in [0.15, 0.2) is 11.5 Å². The highest BCUT2D eigenvalue weighted by Gasteiger charge is 2.19. The Morgan fingerprint density at radius 2 is 1.75 bits per heavy atom. The van der Waals surface area contributed by atoms with Crippen LogP contribution in [-0.2, 0) is 6.54 Å². The molecule has 0 saturated heterocycles. The molecule has 0 spiro atoms. The van der Waals surface area contributed by atoms with Crippen LogP contribution in [0.4, 0.5) is 0 Å². The maximum absolute atomic E-state index is 5.44. The van der Waals surface area contributed by atoms with E-state index in [9.17, 15) is 0 Å². The summed E-state index contributed by atoms with van der Waals surface area (Å²) in [6, 6.07) is 18.4. The highest BCUT2D eigenvalue weighted by Crippen LogP contribution is 2.30. The molecule has 4 heteroatoms. The summed E-state index contributed by atoms with van der Waals surface area (Å²) in [6.07, 6.45) is 2.08. The second kappa shape index (κ2) is 5.89. The molecule has 1 aliphatic rings. The van der Waals surface area contributed by atoms with E-state index in [1.54, 1.807) is 14.2 Å². The molecular weight excluding hydrogens is 300 g/mol. The predicted molar refractivity (Wildman–Crippen MR) is 94.7 cm³/mol. The minimum atomic E-state index is 0.654. The Hall–Kier alpha value is -3.01. The number of benzene rings is 2. The predicted octanol–water partition coefficient (Wildman–Crippen LogP) is 3.85. The van der Waals surface area contributed by atoms with Crippen LogP contribution in [0.15, 0.2) is 65.8 Å². The Labute approximate surface area is 141 Å². The van der Waals surface area contributed by atoms with Crippen molar-refractivity contribution in [3.05, 3.63) is 77.6 Å². The molecule has 0 aliphatic carbocycles. The summed E-state index contributed by atoms with van der Waals surface area (Å²) < 4.78 is 13.0. The van der Waals surface area contributed by atoms with Gasteiger partial charge in [-0.2, -0.15) is 0 Å². The molecule has 1 aromatic heterocycles. The van der Waals surface area contributed by atoms with Crippen LogP contribution in [0.25, 0.3) is 5.69 Å². The molecule has 0 unspecified atom stereocenters. The number of aliphatic imine (C=N–C) groups is 1. The van der Waals surface area contributed by atoms with Gasteiger partial charge in [0, 0.05) is 11.8 Å². The topological polar surface area (TPSA) is 35.8 Å². The number of hydrogen-bond acceptors (Lipinski definition) is 3. The van der Waals surface area contributed by atoms with Crippen molar-refractivity contribution in [1.82, 2.24) is 4.57 Å². The van der Waals surface area contributed by atoms with Crippen LogP contribution >= 0.6 is 0 Å². The van der Waals surface area contributed by atoms with Gasteiger partial charge in [0.1, 0.15) is 0 Å². The fourth-order valence-corrected chi connectivity index (χ4v) is 3.13. The Morgan fingerprint density at radius 1 is 0.917 bits per heavy atom. The smallest absolute Gasteiger partial charge is 0.161 e. The minimum Gasteiger partial charge on any atom is -0.493 e. The Morgan fingerprint density at radius 3 is 2.58 bits per heavy atom. The standard InChI is InChI=1S/C20H18N2O2/c1-23-18-10-9-14(12-19(18)24-2)20-17-8-5-11-22(17)16-7-4-3-6-15(16)13-21-20/h3-12H,13H2,1-2H3. The van der Waals surface area contributed by atoms with Gasteiger partial charge in [0.2, 0.25) is 0 Å². The van der Waals surface area contributed by atoms with Crippen LogP contribution in [0.5, 0.6) is 11.5 Å². The van der Waals surface area contributed by atoms with E-state index in [0.29, 0.717) is 18.0 Å². The first-order chi connectivity index (χ1) is 11.8. The molecular formula is C20H18N2O2. The number of nitrogens with zero attached hydrogens (tertiary/aromatic N) is 2. The molecule has 0 radical (unpaired) electrons. The lowest BCUT2D eigenvalue weighted by molar-refractivity contribution is 0.355. The maximum Gasteiger partial charge on any atom is 0.161 e. The third-order valence-electron chi connectivity index (χ3n) is 4.31. The summed E-state index contributed by atoms with van der Waals surface area (Å²) in [6.45, 7) is 0.654. The molecule has 4 nitrogen and oxygen atoms in total. The molecule has 3 aromatic rings. The summed E-state index contributed by atoms with van der Waals surface area (Å²) in [5.74, 6) is 1.42. The largest absolute Gasteiger partial charge is 0.493 e. The Bertz CT molecular complexity index is 925. The van der Waals surface area contributed by atoms with Gasteiger partial charge in [-0.15, -0.1) is 0 Å². The lowest BCUT2D eigenvalue weighted by Gasteiger charge is -2.12. The first-order valence-corrected chi connectivity index (χ1v) is 7.84. The van der Waals surface area contributed by atoms with E-state index < -0.39 is 0 Å². The lowest BCUT2D eigenvalue weighted by atomic mass is 10.1. The highest BCUT2D eigenvalue weighted by molar-refractivity contribution is 6.12. The number of hydrogen-bond donors (Lipinski definition) is 0. The van der Waals surface area contributed by atoms with Crippen molar-refractivity contribution in [3.63, 3.8) is 0 Å². The zero-order chi connectivity index (χ0) is 16.5. The second-order valence-electron chi connectivity index (χ2n) is 5.63. The van der Waals surface area contributed by atoms with Crippen molar-refractivity contribution in [2.24, 2.45) is 4.99 Å². The van der Waals surface area contributed by atoms with E-state index in [4.69, 9.17) is 14.5 Å². The third-order valence-corrected chi connectivity index (χ3v) is 4.31. The van der Waals surface area contributed by atoms with Crippen molar-refractivity contribution in [2.45, 2.75) is 6.54 Å². The van der Waals surface area contributed by atoms with Crippen molar-refractivity contribution in [3.8, 4) is 17.2 Å². The van der Waals surface area contributed by atoms with E-state index in [-0.39, 0.29) is 0 Å². The van der Waals surface area contributed by atoms with Gasteiger partial charge in [-0.25, -0.2) is 0 Å². The van der Waals surface area contributed by atoms with Crippen LogP contribution in [0.3, 0.4) is 0 Å². The molecule has 0 atom stereocenters. The van der Waals surface area contributed by atoms with Crippen molar-refractivity contribution < 1.29 is 9.47 Å². The van der Waals surface area contributed by atoms with Crippen LogP contribution in [-0.4, -0.2) is 24.5 Å². The zero-order valence-corrected chi connectivity index (χ0v) is 13.7. The molecule has 2 heterocycles. The molecule has 0 saturated carbocycles. The van der Waals surface area contributed by atoms with Gasteiger partial charge in [0.25, 0.3) is 0 Å². The van der Waals surface area contributed by atoms with E-state index >= 15 is 0 Å². The van der Waals surface area contributed by atoms with Crippen molar-refractivity contribution >= 4 is 5.71 Å². The SMILES string of the molecule is COc1ccc(C2=NCc3ccccc3-n3cccc32)cc1OC. The third kappa shape index (κ3) is 2.27.